The molecule has 156 valence electrons. The number of nitrogens with one attached hydrogen (secondary N) is 2. The maximum Gasteiger partial charge on any atom is 0.410 e. The van der Waals surface area contributed by atoms with Crippen LogP contribution < -0.4 is 10.6 Å². The minimum absolute atomic E-state index is 0.0633. The second-order valence-corrected chi connectivity index (χ2v) is 8.59. The molecule has 0 aromatic heterocycles. The highest BCUT2D eigenvalue weighted by atomic mass is 16.6. The van der Waals surface area contributed by atoms with Gasteiger partial charge in [-0.3, -0.25) is 4.79 Å². The maximum atomic E-state index is 12.4. The summed E-state index contributed by atoms with van der Waals surface area (Å²) < 4.78 is 5.55. The van der Waals surface area contributed by atoms with E-state index >= 15 is 0 Å². The largest absolute Gasteiger partial charge is 0.444 e. The molecule has 2 atom stereocenters. The summed E-state index contributed by atoms with van der Waals surface area (Å²) in [5, 5.41) is 6.20. The molecule has 0 unspecified atom stereocenters. The van der Waals surface area contributed by atoms with Crippen LogP contribution in [-0.4, -0.2) is 54.7 Å². The van der Waals surface area contributed by atoms with Crippen molar-refractivity contribution in [3.8, 4) is 0 Å². The number of carbonyl (C=O) groups is 2. The van der Waals surface area contributed by atoms with Crippen LogP contribution in [0.3, 0.4) is 0 Å². The molecule has 1 aromatic carbocycles. The average molecular weight is 390 g/mol. The molecular weight excluding hydrogens is 354 g/mol. The highest BCUT2D eigenvalue weighted by Crippen LogP contribution is 2.24. The Morgan fingerprint density at radius 2 is 2.07 bits per heavy atom. The van der Waals surface area contributed by atoms with Gasteiger partial charge in [-0.15, -0.1) is 0 Å². The molecule has 6 nitrogen and oxygen atoms in total. The van der Waals surface area contributed by atoms with Crippen LogP contribution in [0.4, 0.5) is 4.79 Å². The van der Waals surface area contributed by atoms with E-state index in [1.807, 2.05) is 49.9 Å². The zero-order chi connectivity index (χ0) is 20.7. The molecule has 1 aliphatic heterocycles. The Morgan fingerprint density at radius 3 is 2.75 bits per heavy atom. The third-order valence-corrected chi connectivity index (χ3v) is 4.95. The summed E-state index contributed by atoms with van der Waals surface area (Å²) in [6.07, 6.45) is 3.63. The van der Waals surface area contributed by atoms with Crippen LogP contribution in [0.25, 0.3) is 0 Å². The Hall–Kier alpha value is -2.08. The first kappa shape index (κ1) is 22.2. The Kier molecular flexibility index (Phi) is 7.87. The molecular formula is C22H35N3O3. The lowest BCUT2D eigenvalue weighted by atomic mass is 10.0. The summed E-state index contributed by atoms with van der Waals surface area (Å²) in [5.74, 6) is -0.0633. The van der Waals surface area contributed by atoms with E-state index in [4.69, 9.17) is 4.74 Å². The number of benzene rings is 1. The number of hydrogen-bond acceptors (Lipinski definition) is 4. The van der Waals surface area contributed by atoms with Gasteiger partial charge in [0.2, 0.25) is 0 Å². The Labute approximate surface area is 169 Å². The average Bonchev–Trinajstić information content (AvgIpc) is 3.08. The summed E-state index contributed by atoms with van der Waals surface area (Å²) in [5.41, 5.74) is 1.36. The summed E-state index contributed by atoms with van der Waals surface area (Å²) in [4.78, 5) is 26.0. The van der Waals surface area contributed by atoms with Gasteiger partial charge in [0.05, 0.1) is 0 Å². The van der Waals surface area contributed by atoms with Crippen molar-refractivity contribution < 1.29 is 14.3 Å². The maximum absolute atomic E-state index is 12.4. The molecule has 1 saturated heterocycles. The van der Waals surface area contributed by atoms with Gasteiger partial charge in [0.1, 0.15) is 5.60 Å². The van der Waals surface area contributed by atoms with E-state index in [9.17, 15) is 9.59 Å². The van der Waals surface area contributed by atoms with Crippen molar-refractivity contribution in [1.29, 1.82) is 0 Å². The van der Waals surface area contributed by atoms with E-state index in [-0.39, 0.29) is 18.0 Å². The zero-order valence-electron chi connectivity index (χ0n) is 17.9. The highest BCUT2D eigenvalue weighted by molar-refractivity contribution is 5.94. The molecule has 1 aliphatic rings. The predicted octanol–water partition coefficient (Wildman–Crippen LogP) is 3.36. The second-order valence-electron chi connectivity index (χ2n) is 8.59. The third-order valence-electron chi connectivity index (χ3n) is 4.95. The van der Waals surface area contributed by atoms with Gasteiger partial charge in [0.15, 0.2) is 0 Å². The lowest BCUT2D eigenvalue weighted by molar-refractivity contribution is 0.0214. The van der Waals surface area contributed by atoms with Crippen LogP contribution in [0.5, 0.6) is 0 Å². The SMILES string of the molecule is CNC(=O)c1cccc(CCN[C@@H](C)C[C@@H]2CCCN2C(=O)OC(C)(C)C)c1. The minimum atomic E-state index is -0.461. The fraction of sp³-hybridized carbons (Fsp3) is 0.636. The van der Waals surface area contributed by atoms with Gasteiger partial charge in [-0.25, -0.2) is 4.79 Å². The van der Waals surface area contributed by atoms with E-state index < -0.39 is 5.60 Å². The molecule has 2 rings (SSSR count). The van der Waals surface area contributed by atoms with Gasteiger partial charge in [0, 0.05) is 31.2 Å². The Morgan fingerprint density at radius 1 is 1.32 bits per heavy atom. The molecule has 1 aromatic rings. The summed E-state index contributed by atoms with van der Waals surface area (Å²) in [6, 6.07) is 8.25. The predicted molar refractivity (Wildman–Crippen MR) is 112 cm³/mol. The summed E-state index contributed by atoms with van der Waals surface area (Å²) in [6.45, 7) is 9.47. The number of nitrogens with zero attached hydrogens (tertiary/aromatic N) is 1. The molecule has 0 spiro atoms. The summed E-state index contributed by atoms with van der Waals surface area (Å²) >= 11 is 0. The molecule has 0 radical (unpaired) electrons. The minimum Gasteiger partial charge on any atom is -0.444 e. The first-order chi connectivity index (χ1) is 13.2. The molecule has 0 aliphatic carbocycles. The fourth-order valence-corrected chi connectivity index (χ4v) is 3.61. The molecule has 0 bridgehead atoms. The van der Waals surface area contributed by atoms with Crippen LogP contribution in [0.1, 0.15) is 62.9 Å². The van der Waals surface area contributed by atoms with Crippen molar-refractivity contribution in [3.63, 3.8) is 0 Å². The lowest BCUT2D eigenvalue weighted by Gasteiger charge is -2.30. The monoisotopic (exact) mass is 389 g/mol. The van der Waals surface area contributed by atoms with Crippen molar-refractivity contribution in [2.24, 2.45) is 0 Å². The van der Waals surface area contributed by atoms with Crippen molar-refractivity contribution >= 4 is 12.0 Å². The van der Waals surface area contributed by atoms with Gasteiger partial charge < -0.3 is 20.3 Å². The van der Waals surface area contributed by atoms with Crippen LogP contribution in [0.2, 0.25) is 0 Å². The van der Waals surface area contributed by atoms with Crippen LogP contribution in [-0.2, 0) is 11.2 Å². The van der Waals surface area contributed by atoms with E-state index in [1.165, 1.54) is 0 Å². The molecule has 28 heavy (non-hydrogen) atoms. The quantitative estimate of drug-likeness (QED) is 0.750. The topological polar surface area (TPSA) is 70.7 Å². The van der Waals surface area contributed by atoms with Crippen LogP contribution in [0.15, 0.2) is 24.3 Å². The van der Waals surface area contributed by atoms with Gasteiger partial charge >= 0.3 is 6.09 Å². The van der Waals surface area contributed by atoms with Gasteiger partial charge in [-0.1, -0.05) is 12.1 Å². The van der Waals surface area contributed by atoms with E-state index in [0.29, 0.717) is 11.6 Å². The summed E-state index contributed by atoms with van der Waals surface area (Å²) in [7, 11) is 1.64. The molecule has 6 heteroatoms. The van der Waals surface area contributed by atoms with Crippen molar-refractivity contribution in [2.45, 2.75) is 71.1 Å². The van der Waals surface area contributed by atoms with Gasteiger partial charge in [-0.2, -0.15) is 0 Å². The first-order valence-electron chi connectivity index (χ1n) is 10.2. The number of carbonyl (C=O) groups excluding carboxylic acids is 2. The number of ether oxygens (including phenoxy) is 1. The molecule has 0 saturated carbocycles. The third kappa shape index (κ3) is 6.82. The molecule has 1 heterocycles. The second kappa shape index (κ2) is 9.92. The number of likely N-dealkylation sites (tertiary alicyclic amines) is 1. The van der Waals surface area contributed by atoms with Crippen LogP contribution in [0, 0.1) is 0 Å². The normalized spacial score (nSPS) is 18.0. The number of amides is 2. The van der Waals surface area contributed by atoms with E-state index in [0.717, 1.165) is 44.3 Å². The zero-order valence-corrected chi connectivity index (χ0v) is 17.9. The van der Waals surface area contributed by atoms with Crippen molar-refractivity contribution in [2.75, 3.05) is 20.1 Å². The lowest BCUT2D eigenvalue weighted by Crippen LogP contribution is -2.42. The van der Waals surface area contributed by atoms with Crippen LogP contribution >= 0.6 is 0 Å². The van der Waals surface area contributed by atoms with Gasteiger partial charge in [-0.05, 0) is 77.6 Å². The molecule has 2 N–H and O–H groups in total. The van der Waals surface area contributed by atoms with Crippen molar-refractivity contribution in [1.82, 2.24) is 15.5 Å². The fourth-order valence-electron chi connectivity index (χ4n) is 3.61. The number of rotatable bonds is 7. The molecule has 2 amide bonds. The van der Waals surface area contributed by atoms with E-state index in [1.54, 1.807) is 7.05 Å². The van der Waals surface area contributed by atoms with Crippen molar-refractivity contribution in [3.05, 3.63) is 35.4 Å². The smallest absolute Gasteiger partial charge is 0.410 e. The first-order valence-corrected chi connectivity index (χ1v) is 10.2. The Bertz CT molecular complexity index is 669. The van der Waals surface area contributed by atoms with Gasteiger partial charge in [0.25, 0.3) is 5.91 Å². The highest BCUT2D eigenvalue weighted by Gasteiger charge is 2.32. The number of hydrogen-bond donors (Lipinski definition) is 2. The molecule has 1 fully saturated rings. The Balaban J connectivity index is 1.80. The van der Waals surface area contributed by atoms with E-state index in [2.05, 4.69) is 17.6 Å². The standard InChI is InChI=1S/C22H35N3O3/c1-16(14-19-10-7-13-25(19)21(27)28-22(2,3)4)24-12-11-17-8-6-9-18(15-17)20(26)23-5/h6,8-9,15-16,19,24H,7,10-14H2,1-5H3,(H,23,26)/t16-,19-/m0/s1.